The fraction of sp³-hybridized carbons (Fsp3) is 0.500. The first-order valence-electron chi connectivity index (χ1n) is 6.10. The lowest BCUT2D eigenvalue weighted by Crippen LogP contribution is -2.39. The summed E-state index contributed by atoms with van der Waals surface area (Å²) >= 11 is 0. The maximum absolute atomic E-state index is 11.8. The molecule has 3 heteroatoms. The van der Waals surface area contributed by atoms with E-state index in [1.807, 2.05) is 38.1 Å². The van der Waals surface area contributed by atoms with Crippen molar-refractivity contribution >= 4 is 11.6 Å². The molecule has 0 aliphatic rings. The number of aryl methyl sites for hydroxylation is 1. The highest BCUT2D eigenvalue weighted by Gasteiger charge is 2.12. The molecule has 0 aliphatic heterocycles. The molecule has 0 unspecified atom stereocenters. The average molecular weight is 234 g/mol. The van der Waals surface area contributed by atoms with E-state index < -0.39 is 0 Å². The van der Waals surface area contributed by atoms with Crippen molar-refractivity contribution in [1.29, 1.82) is 0 Å². The van der Waals surface area contributed by atoms with Crippen molar-refractivity contribution in [2.45, 2.75) is 33.7 Å². The summed E-state index contributed by atoms with van der Waals surface area (Å²) in [5.41, 5.74) is 2.03. The molecular formula is C14H22N2O. The van der Waals surface area contributed by atoms with E-state index in [9.17, 15) is 4.79 Å². The number of anilines is 1. The van der Waals surface area contributed by atoms with Gasteiger partial charge >= 0.3 is 0 Å². The van der Waals surface area contributed by atoms with Crippen LogP contribution in [0.2, 0.25) is 0 Å². The summed E-state index contributed by atoms with van der Waals surface area (Å²) in [6.45, 7) is 9.00. The topological polar surface area (TPSA) is 41.1 Å². The molecule has 2 N–H and O–H groups in total. The Bertz CT molecular complexity index is 357. The van der Waals surface area contributed by atoms with Crippen LogP contribution in [0.25, 0.3) is 0 Å². The van der Waals surface area contributed by atoms with Crippen LogP contribution < -0.4 is 10.6 Å². The van der Waals surface area contributed by atoms with Crippen molar-refractivity contribution in [1.82, 2.24) is 5.32 Å². The summed E-state index contributed by atoms with van der Waals surface area (Å²) < 4.78 is 0. The number of benzene rings is 1. The largest absolute Gasteiger partial charge is 0.325 e. The first-order chi connectivity index (χ1) is 7.99. The normalized spacial score (nSPS) is 12.5. The van der Waals surface area contributed by atoms with Crippen LogP contribution in [0, 0.1) is 12.8 Å². The van der Waals surface area contributed by atoms with Gasteiger partial charge in [-0.2, -0.15) is 0 Å². The highest BCUT2D eigenvalue weighted by molar-refractivity contribution is 5.94. The molecule has 0 radical (unpaired) electrons. The lowest BCUT2D eigenvalue weighted by atomic mass is 10.2. The van der Waals surface area contributed by atoms with Crippen LogP contribution in [-0.2, 0) is 4.79 Å². The highest BCUT2D eigenvalue weighted by Crippen LogP contribution is 2.08. The molecular weight excluding hydrogens is 212 g/mol. The number of amides is 1. The van der Waals surface area contributed by atoms with Gasteiger partial charge < -0.3 is 10.6 Å². The molecule has 1 amide bonds. The second kappa shape index (κ2) is 6.40. The second-order valence-corrected chi connectivity index (χ2v) is 4.88. The van der Waals surface area contributed by atoms with Crippen LogP contribution in [0.4, 0.5) is 5.69 Å². The van der Waals surface area contributed by atoms with Gasteiger partial charge in [-0.15, -0.1) is 0 Å². The number of carbonyl (C=O) groups is 1. The van der Waals surface area contributed by atoms with Gasteiger partial charge in [0, 0.05) is 5.69 Å². The van der Waals surface area contributed by atoms with E-state index in [1.165, 1.54) is 5.56 Å². The van der Waals surface area contributed by atoms with E-state index >= 15 is 0 Å². The molecule has 0 fully saturated rings. The zero-order valence-corrected chi connectivity index (χ0v) is 11.1. The second-order valence-electron chi connectivity index (χ2n) is 4.88. The van der Waals surface area contributed by atoms with Crippen LogP contribution in [-0.4, -0.2) is 18.5 Å². The summed E-state index contributed by atoms with van der Waals surface area (Å²) in [4.78, 5) is 11.8. The summed E-state index contributed by atoms with van der Waals surface area (Å²) in [7, 11) is 0. The van der Waals surface area contributed by atoms with Crippen molar-refractivity contribution in [2.24, 2.45) is 5.92 Å². The van der Waals surface area contributed by atoms with Gasteiger partial charge in [0.1, 0.15) is 0 Å². The van der Waals surface area contributed by atoms with Crippen molar-refractivity contribution in [3.8, 4) is 0 Å². The minimum absolute atomic E-state index is 0.00880. The summed E-state index contributed by atoms with van der Waals surface area (Å²) in [6.07, 6.45) is 0. The zero-order valence-electron chi connectivity index (χ0n) is 11.1. The SMILES string of the molecule is Cc1ccc(NC(=O)[C@@H](C)NCC(C)C)cc1. The van der Waals surface area contributed by atoms with Crippen molar-refractivity contribution in [2.75, 3.05) is 11.9 Å². The number of nitrogens with one attached hydrogen (secondary N) is 2. The van der Waals surface area contributed by atoms with Crippen LogP contribution >= 0.6 is 0 Å². The van der Waals surface area contributed by atoms with Gasteiger partial charge in [0.25, 0.3) is 0 Å². The maximum atomic E-state index is 11.8. The van der Waals surface area contributed by atoms with Crippen LogP contribution in [0.3, 0.4) is 0 Å². The molecule has 0 heterocycles. The Balaban J connectivity index is 2.45. The molecule has 94 valence electrons. The van der Waals surface area contributed by atoms with Gasteiger partial charge in [-0.1, -0.05) is 31.5 Å². The van der Waals surface area contributed by atoms with Crippen molar-refractivity contribution < 1.29 is 4.79 Å². The molecule has 0 spiro atoms. The van der Waals surface area contributed by atoms with Crippen LogP contribution in [0.1, 0.15) is 26.3 Å². The Morgan fingerprint density at radius 2 is 1.76 bits per heavy atom. The first-order valence-corrected chi connectivity index (χ1v) is 6.10. The Labute approximate surface area is 104 Å². The van der Waals surface area contributed by atoms with Crippen molar-refractivity contribution in [3.05, 3.63) is 29.8 Å². The Morgan fingerprint density at radius 3 is 2.29 bits per heavy atom. The molecule has 1 atom stereocenters. The third kappa shape index (κ3) is 5.00. The van der Waals surface area contributed by atoms with Crippen molar-refractivity contribution in [3.63, 3.8) is 0 Å². The summed E-state index contributed by atoms with van der Waals surface area (Å²) in [6, 6.07) is 7.65. The van der Waals surface area contributed by atoms with Gasteiger partial charge in [0.15, 0.2) is 0 Å². The summed E-state index contributed by atoms with van der Waals surface area (Å²) in [5.74, 6) is 0.555. The van der Waals surface area contributed by atoms with E-state index in [4.69, 9.17) is 0 Å². The Morgan fingerprint density at radius 1 is 1.18 bits per heavy atom. The van der Waals surface area contributed by atoms with E-state index in [1.54, 1.807) is 0 Å². The van der Waals surface area contributed by atoms with Crippen LogP contribution in [0.5, 0.6) is 0 Å². The van der Waals surface area contributed by atoms with Crippen LogP contribution in [0.15, 0.2) is 24.3 Å². The minimum atomic E-state index is -0.168. The molecule has 17 heavy (non-hydrogen) atoms. The molecule has 1 aromatic rings. The molecule has 0 bridgehead atoms. The third-order valence-electron chi connectivity index (χ3n) is 2.54. The zero-order chi connectivity index (χ0) is 12.8. The van der Waals surface area contributed by atoms with E-state index in [2.05, 4.69) is 24.5 Å². The minimum Gasteiger partial charge on any atom is -0.325 e. The first kappa shape index (κ1) is 13.7. The van der Waals surface area contributed by atoms with Gasteiger partial charge in [0.05, 0.1) is 6.04 Å². The lowest BCUT2D eigenvalue weighted by molar-refractivity contribution is -0.117. The highest BCUT2D eigenvalue weighted by atomic mass is 16.2. The standard InChI is InChI=1S/C14H22N2O/c1-10(2)9-15-12(4)14(17)16-13-7-5-11(3)6-8-13/h5-8,10,12,15H,9H2,1-4H3,(H,16,17)/t12-/m1/s1. The third-order valence-corrected chi connectivity index (χ3v) is 2.54. The molecule has 3 nitrogen and oxygen atoms in total. The number of carbonyl (C=O) groups excluding carboxylic acids is 1. The molecule has 0 saturated carbocycles. The van der Waals surface area contributed by atoms with Gasteiger partial charge in [0.2, 0.25) is 5.91 Å². The van der Waals surface area contributed by atoms with Gasteiger partial charge in [-0.3, -0.25) is 4.79 Å². The maximum Gasteiger partial charge on any atom is 0.241 e. The number of hydrogen-bond acceptors (Lipinski definition) is 2. The molecule has 0 saturated heterocycles. The lowest BCUT2D eigenvalue weighted by Gasteiger charge is -2.15. The number of rotatable bonds is 5. The number of hydrogen-bond donors (Lipinski definition) is 2. The average Bonchev–Trinajstić information content (AvgIpc) is 2.28. The van der Waals surface area contributed by atoms with E-state index in [-0.39, 0.29) is 11.9 Å². The summed E-state index contributed by atoms with van der Waals surface area (Å²) in [5, 5.41) is 6.09. The smallest absolute Gasteiger partial charge is 0.241 e. The van der Waals surface area contributed by atoms with Gasteiger partial charge in [-0.05, 0) is 38.4 Å². The quantitative estimate of drug-likeness (QED) is 0.822. The monoisotopic (exact) mass is 234 g/mol. The molecule has 1 rings (SSSR count). The predicted octanol–water partition coefficient (Wildman–Crippen LogP) is 2.57. The van der Waals surface area contributed by atoms with Gasteiger partial charge in [-0.25, -0.2) is 0 Å². The predicted molar refractivity (Wildman–Crippen MR) is 72.1 cm³/mol. The Hall–Kier alpha value is -1.35. The molecule has 0 aromatic heterocycles. The fourth-order valence-electron chi connectivity index (χ4n) is 1.39. The molecule has 0 aliphatic carbocycles. The van der Waals surface area contributed by atoms with E-state index in [0.29, 0.717) is 5.92 Å². The molecule has 1 aromatic carbocycles. The van der Waals surface area contributed by atoms with E-state index in [0.717, 1.165) is 12.2 Å². The fourth-order valence-corrected chi connectivity index (χ4v) is 1.39. The Kier molecular flexibility index (Phi) is 5.16.